The summed E-state index contributed by atoms with van der Waals surface area (Å²) in [7, 11) is 0. The van der Waals surface area contributed by atoms with Crippen LogP contribution in [0.4, 0.5) is 30.5 Å². The van der Waals surface area contributed by atoms with Gasteiger partial charge in [-0.25, -0.2) is 19.7 Å². The zero-order valence-corrected chi connectivity index (χ0v) is 18.0. The maximum absolute atomic E-state index is 10.6. The van der Waals surface area contributed by atoms with Crippen LogP contribution in [0.5, 0.6) is 0 Å². The number of anilines is 3. The third kappa shape index (κ3) is 5.85. The summed E-state index contributed by atoms with van der Waals surface area (Å²) in [5.74, 6) is -1.38. The number of aromatic nitrogens is 6. The number of fused-ring (bicyclic) bond motifs is 1. The summed E-state index contributed by atoms with van der Waals surface area (Å²) in [5, 5.41) is 20.5. The van der Waals surface area contributed by atoms with Gasteiger partial charge in [-0.15, -0.1) is 10.2 Å². The summed E-state index contributed by atoms with van der Waals surface area (Å²) >= 11 is 1.52. The van der Waals surface area contributed by atoms with E-state index in [1.807, 2.05) is 12.1 Å². The topological polar surface area (TPSA) is 153 Å². The highest BCUT2D eigenvalue weighted by molar-refractivity contribution is 7.14. The van der Waals surface area contributed by atoms with E-state index in [0.29, 0.717) is 23.1 Å². The number of rotatable bonds is 4. The molecule has 0 aliphatic carbocycles. The second kappa shape index (κ2) is 9.68. The van der Waals surface area contributed by atoms with Crippen LogP contribution in [0.3, 0.4) is 0 Å². The Hall–Kier alpha value is -3.94. The molecular weight excluding hydrogens is 461 g/mol. The second-order valence-corrected chi connectivity index (χ2v) is 7.78. The van der Waals surface area contributed by atoms with Gasteiger partial charge in [0.15, 0.2) is 5.01 Å². The molecule has 0 atom stereocenters. The van der Waals surface area contributed by atoms with E-state index in [4.69, 9.17) is 15.6 Å². The maximum atomic E-state index is 10.6. The van der Waals surface area contributed by atoms with Gasteiger partial charge in [0.05, 0.1) is 16.8 Å². The average Bonchev–Trinajstić information content (AvgIpc) is 3.25. The highest BCUT2D eigenvalue weighted by Crippen LogP contribution is 2.33. The van der Waals surface area contributed by atoms with Crippen molar-refractivity contribution in [2.24, 2.45) is 0 Å². The molecule has 0 unspecified atom stereocenters. The molecule has 0 bridgehead atoms. The molecule has 0 saturated carbocycles. The fraction of sp³-hybridized carbons (Fsp3) is 0.211. The van der Waals surface area contributed by atoms with Gasteiger partial charge in [-0.2, -0.15) is 13.2 Å². The standard InChI is InChI=1S/C17H16N8S.C2HF3O2/c1-9(2)16-24-25-17(26-16)10-7-12-14(23-15(10)18)11(3-6-20-12)22-13-4-5-19-8-21-13;3-2(4,5)1(6)7/h3-9H,1-2H3,(H2,18,23)(H,19,20,21,22);(H,6,7). The van der Waals surface area contributed by atoms with E-state index in [2.05, 4.69) is 49.3 Å². The quantitative estimate of drug-likeness (QED) is 0.392. The molecule has 33 heavy (non-hydrogen) atoms. The van der Waals surface area contributed by atoms with Crippen LogP contribution >= 0.6 is 11.3 Å². The summed E-state index contributed by atoms with van der Waals surface area (Å²) in [6, 6.07) is 5.50. The van der Waals surface area contributed by atoms with Crippen molar-refractivity contribution < 1.29 is 23.1 Å². The van der Waals surface area contributed by atoms with E-state index in [9.17, 15) is 13.2 Å². The summed E-state index contributed by atoms with van der Waals surface area (Å²) in [5.41, 5.74) is 9.11. The monoisotopic (exact) mass is 478 g/mol. The Bertz CT molecular complexity index is 1270. The lowest BCUT2D eigenvalue weighted by Gasteiger charge is -2.09. The van der Waals surface area contributed by atoms with E-state index in [0.717, 1.165) is 26.8 Å². The molecule has 4 heterocycles. The Labute approximate surface area is 188 Å². The zero-order chi connectivity index (χ0) is 24.2. The molecular formula is C19H17F3N8O2S. The van der Waals surface area contributed by atoms with Crippen LogP contribution in [0.1, 0.15) is 24.8 Å². The highest BCUT2D eigenvalue weighted by Gasteiger charge is 2.38. The number of halogens is 3. The number of carboxylic acids is 1. The summed E-state index contributed by atoms with van der Waals surface area (Å²) in [6.45, 7) is 4.16. The Morgan fingerprint density at radius 3 is 2.48 bits per heavy atom. The molecule has 0 aliphatic rings. The smallest absolute Gasteiger partial charge is 0.475 e. The van der Waals surface area contributed by atoms with Crippen LogP contribution in [-0.4, -0.2) is 47.4 Å². The molecule has 0 radical (unpaired) electrons. The van der Waals surface area contributed by atoms with Crippen LogP contribution in [-0.2, 0) is 4.79 Å². The molecule has 4 aromatic rings. The molecule has 0 saturated heterocycles. The maximum Gasteiger partial charge on any atom is 0.490 e. The van der Waals surface area contributed by atoms with Gasteiger partial charge in [-0.3, -0.25) is 4.98 Å². The lowest BCUT2D eigenvalue weighted by molar-refractivity contribution is -0.192. The fourth-order valence-corrected chi connectivity index (χ4v) is 3.31. The zero-order valence-electron chi connectivity index (χ0n) is 17.2. The molecule has 0 spiro atoms. The van der Waals surface area contributed by atoms with Crippen molar-refractivity contribution in [1.82, 2.24) is 30.1 Å². The average molecular weight is 478 g/mol. The van der Waals surface area contributed by atoms with Crippen molar-refractivity contribution in [2.45, 2.75) is 25.9 Å². The van der Waals surface area contributed by atoms with Gasteiger partial charge in [0.25, 0.3) is 0 Å². The SMILES string of the molecule is CC(C)c1nnc(-c2cc3nccc(Nc4ccncn4)c3nc2N)s1.O=C(O)C(F)(F)F. The fourth-order valence-electron chi connectivity index (χ4n) is 2.44. The number of nitrogens with two attached hydrogens (primary N) is 1. The molecule has 172 valence electrons. The van der Waals surface area contributed by atoms with Crippen molar-refractivity contribution in [2.75, 3.05) is 11.1 Å². The van der Waals surface area contributed by atoms with Crippen molar-refractivity contribution >= 4 is 45.7 Å². The minimum Gasteiger partial charge on any atom is -0.475 e. The van der Waals surface area contributed by atoms with Crippen molar-refractivity contribution in [3.63, 3.8) is 0 Å². The van der Waals surface area contributed by atoms with Gasteiger partial charge in [0.2, 0.25) is 0 Å². The Morgan fingerprint density at radius 1 is 1.18 bits per heavy atom. The summed E-state index contributed by atoms with van der Waals surface area (Å²) in [4.78, 5) is 25.9. The number of nitrogens with zero attached hydrogens (tertiary/aromatic N) is 6. The summed E-state index contributed by atoms with van der Waals surface area (Å²) < 4.78 is 31.7. The highest BCUT2D eigenvalue weighted by atomic mass is 32.1. The van der Waals surface area contributed by atoms with Crippen LogP contribution < -0.4 is 11.1 Å². The lowest BCUT2D eigenvalue weighted by Crippen LogP contribution is -2.21. The number of carboxylic acid groups (broad SMARTS) is 1. The first kappa shape index (κ1) is 23.7. The molecule has 0 fully saturated rings. The molecule has 14 heteroatoms. The number of carbonyl (C=O) groups is 1. The second-order valence-electron chi connectivity index (χ2n) is 6.77. The normalized spacial score (nSPS) is 11.2. The van der Waals surface area contributed by atoms with Gasteiger partial charge in [0, 0.05) is 18.3 Å². The van der Waals surface area contributed by atoms with Crippen LogP contribution in [0, 0.1) is 0 Å². The Morgan fingerprint density at radius 2 is 1.91 bits per heavy atom. The number of nitrogens with one attached hydrogen (secondary N) is 1. The number of alkyl halides is 3. The molecule has 0 aliphatic heterocycles. The van der Waals surface area contributed by atoms with Gasteiger partial charge in [-0.05, 0) is 18.2 Å². The molecule has 0 amide bonds. The predicted octanol–water partition coefficient (Wildman–Crippen LogP) is 4.02. The first-order chi connectivity index (χ1) is 15.6. The first-order valence-corrected chi connectivity index (χ1v) is 10.1. The van der Waals surface area contributed by atoms with Crippen LogP contribution in [0.15, 0.2) is 36.9 Å². The Balaban J connectivity index is 0.000000383. The molecule has 10 nitrogen and oxygen atoms in total. The largest absolute Gasteiger partial charge is 0.490 e. The van der Waals surface area contributed by atoms with E-state index < -0.39 is 12.1 Å². The van der Waals surface area contributed by atoms with E-state index in [1.165, 1.54) is 17.7 Å². The van der Waals surface area contributed by atoms with Crippen molar-refractivity contribution in [1.29, 1.82) is 0 Å². The third-order valence-corrected chi connectivity index (χ3v) is 5.25. The molecule has 0 aromatic carbocycles. The van der Waals surface area contributed by atoms with Gasteiger partial charge in [0.1, 0.15) is 28.5 Å². The first-order valence-electron chi connectivity index (χ1n) is 9.28. The minimum absolute atomic E-state index is 0.317. The summed E-state index contributed by atoms with van der Waals surface area (Å²) in [6.07, 6.45) is -0.221. The minimum atomic E-state index is -5.08. The van der Waals surface area contributed by atoms with Gasteiger partial charge < -0.3 is 16.2 Å². The van der Waals surface area contributed by atoms with E-state index >= 15 is 0 Å². The van der Waals surface area contributed by atoms with E-state index in [-0.39, 0.29) is 0 Å². The van der Waals surface area contributed by atoms with Gasteiger partial charge in [-0.1, -0.05) is 25.2 Å². The number of aliphatic carboxylic acids is 1. The lowest BCUT2D eigenvalue weighted by atomic mass is 10.2. The molecule has 4 aromatic heterocycles. The van der Waals surface area contributed by atoms with Crippen LogP contribution in [0.2, 0.25) is 0 Å². The van der Waals surface area contributed by atoms with E-state index in [1.54, 1.807) is 18.5 Å². The van der Waals surface area contributed by atoms with Crippen LogP contribution in [0.25, 0.3) is 21.6 Å². The number of nitrogen functional groups attached to an aromatic ring is 1. The number of hydrogen-bond acceptors (Lipinski definition) is 10. The molecule has 4 N–H and O–H groups in total. The van der Waals surface area contributed by atoms with Crippen molar-refractivity contribution in [3.05, 3.63) is 41.9 Å². The van der Waals surface area contributed by atoms with Crippen molar-refractivity contribution in [3.8, 4) is 10.6 Å². The number of pyridine rings is 2. The Kier molecular flexibility index (Phi) is 6.96. The third-order valence-electron chi connectivity index (χ3n) is 3.99. The van der Waals surface area contributed by atoms with Gasteiger partial charge >= 0.3 is 12.1 Å². The number of hydrogen-bond donors (Lipinski definition) is 3. The predicted molar refractivity (Wildman–Crippen MR) is 116 cm³/mol. The molecule has 4 rings (SSSR count).